The molecule has 0 bridgehead atoms. The SMILES string of the molecule is CCCC(C)(C)NC(=O)N1C(C)SCC1C(=O)O. The van der Waals surface area contributed by atoms with Crippen molar-refractivity contribution in [2.45, 2.75) is 57.5 Å². The average Bonchev–Trinajstić information content (AvgIpc) is 2.59. The van der Waals surface area contributed by atoms with Crippen LogP contribution in [0.1, 0.15) is 40.5 Å². The molecule has 2 unspecified atom stereocenters. The quantitative estimate of drug-likeness (QED) is 0.824. The lowest BCUT2D eigenvalue weighted by Gasteiger charge is -2.32. The van der Waals surface area contributed by atoms with Gasteiger partial charge in [0.15, 0.2) is 0 Å². The summed E-state index contributed by atoms with van der Waals surface area (Å²) in [5.41, 5.74) is -0.304. The van der Waals surface area contributed by atoms with Crippen LogP contribution in [0.3, 0.4) is 0 Å². The number of carbonyl (C=O) groups excluding carboxylic acids is 1. The Morgan fingerprint density at radius 1 is 1.50 bits per heavy atom. The molecule has 2 amide bonds. The molecule has 0 aromatic carbocycles. The summed E-state index contributed by atoms with van der Waals surface area (Å²) < 4.78 is 0. The molecule has 18 heavy (non-hydrogen) atoms. The second-order valence-electron chi connectivity index (χ2n) is 5.26. The van der Waals surface area contributed by atoms with Gasteiger partial charge >= 0.3 is 12.0 Å². The van der Waals surface area contributed by atoms with E-state index in [1.165, 1.54) is 16.7 Å². The minimum atomic E-state index is -0.935. The summed E-state index contributed by atoms with van der Waals surface area (Å²) in [7, 11) is 0. The highest BCUT2D eigenvalue weighted by atomic mass is 32.2. The number of carboxylic acid groups (broad SMARTS) is 1. The maximum Gasteiger partial charge on any atom is 0.327 e. The zero-order valence-corrected chi connectivity index (χ0v) is 12.2. The molecule has 1 aliphatic rings. The maximum absolute atomic E-state index is 12.2. The molecule has 2 atom stereocenters. The highest BCUT2D eigenvalue weighted by Gasteiger charge is 2.40. The van der Waals surface area contributed by atoms with E-state index in [0.29, 0.717) is 5.75 Å². The Balaban J connectivity index is 2.73. The lowest BCUT2D eigenvalue weighted by Crippen LogP contribution is -2.54. The van der Waals surface area contributed by atoms with Crippen molar-refractivity contribution in [1.82, 2.24) is 10.2 Å². The van der Waals surface area contributed by atoms with Gasteiger partial charge < -0.3 is 10.4 Å². The summed E-state index contributed by atoms with van der Waals surface area (Å²) in [5, 5.41) is 11.9. The molecule has 0 spiro atoms. The third-order valence-corrected chi connectivity index (χ3v) is 4.28. The zero-order valence-electron chi connectivity index (χ0n) is 11.4. The van der Waals surface area contributed by atoms with E-state index < -0.39 is 12.0 Å². The van der Waals surface area contributed by atoms with Crippen molar-refractivity contribution in [2.24, 2.45) is 0 Å². The number of hydrogen-bond donors (Lipinski definition) is 2. The van der Waals surface area contributed by atoms with Crippen molar-refractivity contribution in [3.63, 3.8) is 0 Å². The molecule has 104 valence electrons. The van der Waals surface area contributed by atoms with Crippen molar-refractivity contribution < 1.29 is 14.7 Å². The second kappa shape index (κ2) is 5.82. The third kappa shape index (κ3) is 3.54. The molecule has 1 fully saturated rings. The van der Waals surface area contributed by atoms with Crippen molar-refractivity contribution >= 4 is 23.8 Å². The zero-order chi connectivity index (χ0) is 13.9. The van der Waals surface area contributed by atoms with Gasteiger partial charge in [0.25, 0.3) is 0 Å². The molecule has 0 aliphatic carbocycles. The standard InChI is InChI=1S/C12H22N2O3S/c1-5-6-12(3,4)13-11(17)14-8(2)18-7-9(14)10(15)16/h8-9H,5-7H2,1-4H3,(H,13,17)(H,15,16). The summed E-state index contributed by atoms with van der Waals surface area (Å²) in [6.07, 6.45) is 1.84. The van der Waals surface area contributed by atoms with E-state index in [0.717, 1.165) is 12.8 Å². The highest BCUT2D eigenvalue weighted by molar-refractivity contribution is 8.00. The summed E-state index contributed by atoms with van der Waals surface area (Å²) in [4.78, 5) is 24.8. The molecule has 0 saturated carbocycles. The van der Waals surface area contributed by atoms with E-state index in [1.807, 2.05) is 20.8 Å². The van der Waals surface area contributed by atoms with Crippen LogP contribution in [0.15, 0.2) is 0 Å². The van der Waals surface area contributed by atoms with Gasteiger partial charge in [-0.2, -0.15) is 0 Å². The Morgan fingerprint density at radius 3 is 2.61 bits per heavy atom. The number of thioether (sulfide) groups is 1. The summed E-state index contributed by atoms with van der Waals surface area (Å²) in [6.45, 7) is 7.83. The first-order chi connectivity index (χ1) is 8.28. The van der Waals surface area contributed by atoms with Crippen molar-refractivity contribution in [2.75, 3.05) is 5.75 Å². The van der Waals surface area contributed by atoms with Crippen molar-refractivity contribution in [3.8, 4) is 0 Å². The molecule has 5 nitrogen and oxygen atoms in total. The van der Waals surface area contributed by atoms with Gasteiger partial charge in [-0.3, -0.25) is 4.90 Å². The van der Waals surface area contributed by atoms with E-state index >= 15 is 0 Å². The van der Waals surface area contributed by atoms with Crippen molar-refractivity contribution in [3.05, 3.63) is 0 Å². The molecule has 0 aromatic rings. The number of carboxylic acids is 1. The van der Waals surface area contributed by atoms with Gasteiger partial charge in [0.05, 0.1) is 5.37 Å². The first-order valence-corrected chi connectivity index (χ1v) is 7.28. The van der Waals surface area contributed by atoms with Crippen LogP contribution in [-0.2, 0) is 4.79 Å². The Bertz CT molecular complexity index is 333. The van der Waals surface area contributed by atoms with Crippen LogP contribution in [0.2, 0.25) is 0 Å². The molecule has 6 heteroatoms. The molecule has 2 N–H and O–H groups in total. The fourth-order valence-electron chi connectivity index (χ4n) is 2.18. The van der Waals surface area contributed by atoms with Crippen LogP contribution in [0.5, 0.6) is 0 Å². The number of nitrogens with one attached hydrogen (secondary N) is 1. The number of aliphatic carboxylic acids is 1. The summed E-state index contributed by atoms with van der Waals surface area (Å²) >= 11 is 1.49. The molecule has 0 aromatic heterocycles. The molecule has 1 heterocycles. The largest absolute Gasteiger partial charge is 0.480 e. The fourth-order valence-corrected chi connectivity index (χ4v) is 3.35. The number of hydrogen-bond acceptors (Lipinski definition) is 3. The van der Waals surface area contributed by atoms with E-state index in [1.54, 1.807) is 0 Å². The predicted molar refractivity (Wildman–Crippen MR) is 72.7 cm³/mol. The van der Waals surface area contributed by atoms with E-state index in [2.05, 4.69) is 12.2 Å². The van der Waals surface area contributed by atoms with E-state index in [9.17, 15) is 9.59 Å². The normalized spacial score (nSPS) is 24.1. The minimum Gasteiger partial charge on any atom is -0.480 e. The third-order valence-electron chi connectivity index (χ3n) is 3.06. The monoisotopic (exact) mass is 274 g/mol. The second-order valence-corrected chi connectivity index (χ2v) is 6.61. The Kier molecular flexibility index (Phi) is 4.90. The van der Waals surface area contributed by atoms with Gasteiger partial charge in [-0.1, -0.05) is 13.3 Å². The molecule has 1 rings (SSSR count). The Labute approximate surface area is 112 Å². The van der Waals surface area contributed by atoms with E-state index in [4.69, 9.17) is 5.11 Å². The number of urea groups is 1. The molecular formula is C12H22N2O3S. The van der Waals surface area contributed by atoms with Gasteiger partial charge in [0.1, 0.15) is 6.04 Å². The number of carbonyl (C=O) groups is 2. The van der Waals surface area contributed by atoms with Crippen LogP contribution >= 0.6 is 11.8 Å². The van der Waals surface area contributed by atoms with Crippen LogP contribution in [0.25, 0.3) is 0 Å². The summed E-state index contributed by atoms with van der Waals surface area (Å²) in [6, 6.07) is -0.999. The number of nitrogens with zero attached hydrogens (tertiary/aromatic N) is 1. The van der Waals surface area contributed by atoms with Gasteiger partial charge in [-0.25, -0.2) is 9.59 Å². The Morgan fingerprint density at radius 2 is 2.11 bits per heavy atom. The van der Waals surface area contributed by atoms with Crippen LogP contribution < -0.4 is 5.32 Å². The fraction of sp³-hybridized carbons (Fsp3) is 0.833. The molecule has 0 radical (unpaired) electrons. The molecule has 1 aliphatic heterocycles. The first kappa shape index (κ1) is 15.1. The number of amides is 2. The molecular weight excluding hydrogens is 252 g/mol. The Hall–Kier alpha value is -0.910. The minimum absolute atomic E-state index is 0.0940. The van der Waals surface area contributed by atoms with Crippen LogP contribution in [0, 0.1) is 0 Å². The van der Waals surface area contributed by atoms with Crippen LogP contribution in [-0.4, -0.2) is 44.7 Å². The number of rotatable bonds is 4. The topological polar surface area (TPSA) is 69.6 Å². The predicted octanol–water partition coefficient (Wildman–Crippen LogP) is 2.12. The van der Waals surface area contributed by atoms with Crippen molar-refractivity contribution in [1.29, 1.82) is 0 Å². The first-order valence-electron chi connectivity index (χ1n) is 6.23. The van der Waals surface area contributed by atoms with Gasteiger partial charge in [-0.15, -0.1) is 11.8 Å². The molecule has 1 saturated heterocycles. The summed E-state index contributed by atoms with van der Waals surface area (Å²) in [5.74, 6) is -0.478. The van der Waals surface area contributed by atoms with E-state index in [-0.39, 0.29) is 16.9 Å². The lowest BCUT2D eigenvalue weighted by atomic mass is 9.99. The highest BCUT2D eigenvalue weighted by Crippen LogP contribution is 2.29. The average molecular weight is 274 g/mol. The lowest BCUT2D eigenvalue weighted by molar-refractivity contribution is -0.141. The maximum atomic E-state index is 12.2. The van der Waals surface area contributed by atoms with Crippen LogP contribution in [0.4, 0.5) is 4.79 Å². The smallest absolute Gasteiger partial charge is 0.327 e. The van der Waals surface area contributed by atoms with Gasteiger partial charge in [0.2, 0.25) is 0 Å². The van der Waals surface area contributed by atoms with Gasteiger partial charge in [0, 0.05) is 11.3 Å². The van der Waals surface area contributed by atoms with Gasteiger partial charge in [-0.05, 0) is 27.2 Å².